The van der Waals surface area contributed by atoms with Crippen molar-refractivity contribution in [1.82, 2.24) is 10.2 Å². The molecule has 18 heavy (non-hydrogen) atoms. The summed E-state index contributed by atoms with van der Waals surface area (Å²) in [7, 11) is 2.94. The molecule has 0 aliphatic carbocycles. The van der Waals surface area contributed by atoms with Gasteiger partial charge in [0, 0.05) is 14.1 Å². The fourth-order valence-corrected chi connectivity index (χ4v) is 1.71. The zero-order valence-corrected chi connectivity index (χ0v) is 12.6. The number of esters is 1. The molecule has 0 saturated carbocycles. The van der Waals surface area contributed by atoms with Gasteiger partial charge >= 0.3 is 5.97 Å². The third-order valence-corrected chi connectivity index (χ3v) is 2.76. The molecule has 0 radical (unpaired) electrons. The Hall–Kier alpha value is -1.11. The number of carbonyl (C=O) groups excluding carboxylic acids is 3. The van der Waals surface area contributed by atoms with E-state index in [-0.39, 0.29) is 18.9 Å². The second kappa shape index (κ2) is 8.07. The Morgan fingerprint density at radius 3 is 2.33 bits per heavy atom. The van der Waals surface area contributed by atoms with Crippen molar-refractivity contribution in [3.63, 3.8) is 0 Å². The normalized spacial score (nSPS) is 13.4. The molecule has 1 N–H and O–H groups in total. The van der Waals surface area contributed by atoms with Crippen LogP contribution in [-0.4, -0.2) is 54.3 Å². The van der Waals surface area contributed by atoms with Gasteiger partial charge in [-0.15, -0.1) is 0 Å². The van der Waals surface area contributed by atoms with E-state index in [1.165, 1.54) is 19.0 Å². The van der Waals surface area contributed by atoms with Gasteiger partial charge in [0.1, 0.15) is 6.04 Å². The first-order valence-corrected chi connectivity index (χ1v) is 6.54. The molecule has 0 spiro atoms. The van der Waals surface area contributed by atoms with Crippen LogP contribution in [-0.2, 0) is 19.1 Å². The van der Waals surface area contributed by atoms with E-state index in [2.05, 4.69) is 21.2 Å². The quantitative estimate of drug-likeness (QED) is 0.563. The van der Waals surface area contributed by atoms with Crippen molar-refractivity contribution in [1.29, 1.82) is 0 Å². The fraction of sp³-hybridized carbons (Fsp3) is 0.727. The Morgan fingerprint density at radius 2 is 1.94 bits per heavy atom. The van der Waals surface area contributed by atoms with E-state index in [1.54, 1.807) is 13.8 Å². The molecule has 0 aliphatic rings. The smallest absolute Gasteiger partial charge is 0.308 e. The van der Waals surface area contributed by atoms with Crippen LogP contribution in [0.15, 0.2) is 0 Å². The summed E-state index contributed by atoms with van der Waals surface area (Å²) in [6.45, 7) is 3.58. The van der Waals surface area contributed by atoms with E-state index in [0.29, 0.717) is 0 Å². The Bertz CT molecular complexity index is 320. The molecular formula is C11H19BrN2O4. The number of rotatable bonds is 6. The van der Waals surface area contributed by atoms with Crippen molar-refractivity contribution in [3.8, 4) is 0 Å². The highest BCUT2D eigenvalue weighted by atomic mass is 79.9. The monoisotopic (exact) mass is 322 g/mol. The maximum absolute atomic E-state index is 11.8. The highest BCUT2D eigenvalue weighted by Gasteiger charge is 2.30. The van der Waals surface area contributed by atoms with E-state index in [1.807, 2.05) is 0 Å². The van der Waals surface area contributed by atoms with Gasteiger partial charge in [-0.1, -0.05) is 15.9 Å². The molecule has 1 unspecified atom stereocenters. The van der Waals surface area contributed by atoms with E-state index < -0.39 is 22.7 Å². The van der Waals surface area contributed by atoms with Crippen molar-refractivity contribution in [2.24, 2.45) is 0 Å². The number of ether oxygens (including phenoxy) is 1. The molecule has 2 atom stereocenters. The Kier molecular flexibility index (Phi) is 7.58. The van der Waals surface area contributed by atoms with Gasteiger partial charge in [-0.2, -0.15) is 0 Å². The van der Waals surface area contributed by atoms with Crippen LogP contribution in [0.1, 0.15) is 20.3 Å². The summed E-state index contributed by atoms with van der Waals surface area (Å²) >= 11 is 3.14. The lowest BCUT2D eigenvalue weighted by Gasteiger charge is -2.27. The number of hydrogen-bond donors (Lipinski definition) is 1. The third-order valence-electron chi connectivity index (χ3n) is 2.37. The number of hydrogen-bond acceptors (Lipinski definition) is 4. The highest BCUT2D eigenvalue weighted by molar-refractivity contribution is 9.10. The molecule has 0 aromatic heterocycles. The second-order valence-corrected chi connectivity index (χ2v) is 5.08. The van der Waals surface area contributed by atoms with Crippen molar-refractivity contribution in [2.45, 2.75) is 31.1 Å². The molecule has 2 amide bonds. The fourth-order valence-electron chi connectivity index (χ4n) is 1.38. The van der Waals surface area contributed by atoms with Crippen LogP contribution < -0.4 is 5.32 Å². The standard InChI is InChI=1S/C11H19BrN2O4/c1-5-18-9(15)6-8(10(16)13-3)14(4)11(17)7(2)12/h7-8H,5-6H2,1-4H3,(H,13,16)/t7?,8-/m0/s1. The summed E-state index contributed by atoms with van der Waals surface area (Å²) in [5, 5.41) is 2.43. The summed E-state index contributed by atoms with van der Waals surface area (Å²) in [5.41, 5.74) is 0. The molecule has 0 saturated heterocycles. The van der Waals surface area contributed by atoms with Gasteiger partial charge in [-0.05, 0) is 13.8 Å². The number of nitrogens with one attached hydrogen (secondary N) is 1. The van der Waals surface area contributed by atoms with Crippen LogP contribution >= 0.6 is 15.9 Å². The van der Waals surface area contributed by atoms with Gasteiger partial charge in [0.15, 0.2) is 0 Å². The third kappa shape index (κ3) is 5.03. The van der Waals surface area contributed by atoms with Crippen LogP contribution in [0.5, 0.6) is 0 Å². The number of alkyl halides is 1. The molecule has 0 aliphatic heterocycles. The first kappa shape index (κ1) is 16.9. The van der Waals surface area contributed by atoms with Crippen molar-refractivity contribution in [2.75, 3.05) is 20.7 Å². The summed E-state index contributed by atoms with van der Waals surface area (Å²) < 4.78 is 4.79. The first-order chi connectivity index (χ1) is 8.34. The topological polar surface area (TPSA) is 75.7 Å². The van der Waals surface area contributed by atoms with Gasteiger partial charge in [0.25, 0.3) is 0 Å². The minimum Gasteiger partial charge on any atom is -0.466 e. The van der Waals surface area contributed by atoms with E-state index in [0.717, 1.165) is 0 Å². The number of halogens is 1. The Labute approximate surface area is 115 Å². The Morgan fingerprint density at radius 1 is 1.39 bits per heavy atom. The van der Waals surface area contributed by atoms with Crippen LogP contribution in [0.3, 0.4) is 0 Å². The lowest BCUT2D eigenvalue weighted by atomic mass is 10.1. The van der Waals surface area contributed by atoms with Crippen molar-refractivity contribution in [3.05, 3.63) is 0 Å². The molecule has 7 heteroatoms. The van der Waals surface area contributed by atoms with Gasteiger partial charge in [-0.3, -0.25) is 14.4 Å². The molecule has 0 rings (SSSR count). The summed E-state index contributed by atoms with van der Waals surface area (Å²) in [6.07, 6.45) is -0.157. The SMILES string of the molecule is CCOC(=O)C[C@@H](C(=O)NC)N(C)C(=O)C(C)Br. The zero-order valence-electron chi connectivity index (χ0n) is 11.0. The Balaban J connectivity index is 4.83. The average Bonchev–Trinajstić information content (AvgIpc) is 2.33. The predicted octanol–water partition coefficient (Wildman–Crippen LogP) is 0.296. The molecule has 104 valence electrons. The lowest BCUT2D eigenvalue weighted by Crippen LogP contribution is -2.49. The zero-order chi connectivity index (χ0) is 14.3. The summed E-state index contributed by atoms with van der Waals surface area (Å²) in [5.74, 6) is -1.17. The largest absolute Gasteiger partial charge is 0.466 e. The van der Waals surface area contributed by atoms with E-state index in [4.69, 9.17) is 4.74 Å². The molecule has 6 nitrogen and oxygen atoms in total. The average molecular weight is 323 g/mol. The lowest BCUT2D eigenvalue weighted by molar-refractivity contribution is -0.149. The van der Waals surface area contributed by atoms with Crippen LogP contribution in [0, 0.1) is 0 Å². The van der Waals surface area contributed by atoms with Crippen LogP contribution in [0.2, 0.25) is 0 Å². The molecule has 0 fully saturated rings. The van der Waals surface area contributed by atoms with Gasteiger partial charge in [0.05, 0.1) is 17.9 Å². The summed E-state index contributed by atoms with van der Waals surface area (Å²) in [6, 6.07) is -0.860. The van der Waals surface area contributed by atoms with Crippen molar-refractivity contribution < 1.29 is 19.1 Å². The minimum absolute atomic E-state index is 0.157. The number of likely N-dealkylation sites (N-methyl/N-ethyl adjacent to an activating group) is 2. The highest BCUT2D eigenvalue weighted by Crippen LogP contribution is 2.10. The molecular weight excluding hydrogens is 304 g/mol. The molecule has 0 heterocycles. The maximum Gasteiger partial charge on any atom is 0.308 e. The van der Waals surface area contributed by atoms with Gasteiger partial charge in [0.2, 0.25) is 11.8 Å². The molecule has 0 aromatic rings. The second-order valence-electron chi connectivity index (χ2n) is 3.70. The van der Waals surface area contributed by atoms with E-state index in [9.17, 15) is 14.4 Å². The van der Waals surface area contributed by atoms with Gasteiger partial charge in [-0.25, -0.2) is 0 Å². The number of amides is 2. The van der Waals surface area contributed by atoms with Crippen LogP contribution in [0.25, 0.3) is 0 Å². The minimum atomic E-state index is -0.860. The molecule has 0 bridgehead atoms. The number of nitrogens with zero attached hydrogens (tertiary/aromatic N) is 1. The van der Waals surface area contributed by atoms with Crippen LogP contribution in [0.4, 0.5) is 0 Å². The van der Waals surface area contributed by atoms with Crippen molar-refractivity contribution >= 4 is 33.7 Å². The molecule has 0 aromatic carbocycles. The maximum atomic E-state index is 11.8. The predicted molar refractivity (Wildman–Crippen MR) is 70.3 cm³/mol. The first-order valence-electron chi connectivity index (χ1n) is 5.63. The van der Waals surface area contributed by atoms with E-state index >= 15 is 0 Å². The number of carbonyl (C=O) groups is 3. The summed E-state index contributed by atoms with van der Waals surface area (Å²) in [4.78, 5) is 35.7. The van der Waals surface area contributed by atoms with Gasteiger partial charge < -0.3 is 15.0 Å².